The van der Waals surface area contributed by atoms with Gasteiger partial charge in [0, 0.05) is 128 Å². The molecule has 8 aromatic heterocycles. The first kappa shape index (κ1) is 51.3. The first-order valence-electron chi connectivity index (χ1n) is 27.2. The van der Waals surface area contributed by atoms with Gasteiger partial charge < -0.3 is 52.7 Å². The maximum absolute atomic E-state index is 13.7. The molecule has 18 nitrogen and oxygen atoms in total. The molecule has 12 heterocycles. The van der Waals surface area contributed by atoms with Crippen LogP contribution in [-0.2, 0) is 0 Å². The van der Waals surface area contributed by atoms with Crippen molar-refractivity contribution < 1.29 is 27.4 Å². The van der Waals surface area contributed by atoms with Crippen molar-refractivity contribution in [2.75, 3.05) is 63.9 Å². The highest BCUT2D eigenvalue weighted by Crippen LogP contribution is 2.34. The molecule has 0 aliphatic carbocycles. The minimum Gasteiger partial charge on any atom is -0.489 e. The van der Waals surface area contributed by atoms with Crippen LogP contribution in [0.3, 0.4) is 0 Å². The van der Waals surface area contributed by atoms with Gasteiger partial charge in [-0.2, -0.15) is 0 Å². The fourth-order valence-corrected chi connectivity index (χ4v) is 10.7. The quantitative estimate of drug-likeness (QED) is 0.122. The van der Waals surface area contributed by atoms with E-state index in [1.807, 2.05) is 120 Å². The van der Waals surface area contributed by atoms with Crippen molar-refractivity contribution in [1.29, 1.82) is 0 Å². The number of fused-ring (bicyclic) bond motifs is 6. The average Bonchev–Trinajstić information content (AvgIpc) is 4.45. The molecule has 3 saturated heterocycles. The minimum atomic E-state index is -0.452. The first-order chi connectivity index (χ1) is 39.5. The fraction of sp³-hybridized carbons (Fsp3) is 0.258. The van der Waals surface area contributed by atoms with Gasteiger partial charge in [-0.15, -0.1) is 0 Å². The number of pyridine rings is 2. The molecule has 410 valence electrons. The summed E-state index contributed by atoms with van der Waals surface area (Å²) in [5.41, 5.74) is 10.5. The molecule has 2 atom stereocenters. The zero-order valence-electron chi connectivity index (χ0n) is 44.9. The second kappa shape index (κ2) is 21.8. The molecule has 3 N–H and O–H groups in total. The van der Waals surface area contributed by atoms with Gasteiger partial charge in [0.25, 0.3) is 0 Å². The lowest BCUT2D eigenvalue weighted by atomic mass is 10.1. The Bertz CT molecular complexity index is 4330. The molecule has 19 heteroatoms. The van der Waals surface area contributed by atoms with Gasteiger partial charge in [-0.25, -0.2) is 33.9 Å². The number of aromatic nitrogens is 7. The number of piperazine rings is 1. The molecule has 0 spiro atoms. The van der Waals surface area contributed by atoms with Crippen molar-refractivity contribution in [2.45, 2.75) is 45.8 Å². The maximum Gasteiger partial charge on any atom is 0.345 e. The summed E-state index contributed by atoms with van der Waals surface area (Å²) < 4.78 is 48.2. The predicted molar refractivity (Wildman–Crippen MR) is 309 cm³/mol. The van der Waals surface area contributed by atoms with E-state index in [0.717, 1.165) is 133 Å². The summed E-state index contributed by atoms with van der Waals surface area (Å²) in [6, 6.07) is 26.5. The van der Waals surface area contributed by atoms with Gasteiger partial charge in [0.1, 0.15) is 64.3 Å². The van der Waals surface area contributed by atoms with E-state index < -0.39 is 11.3 Å². The molecule has 15 rings (SSSR count). The van der Waals surface area contributed by atoms with E-state index in [4.69, 9.17) is 23.0 Å². The second-order valence-corrected chi connectivity index (χ2v) is 20.9. The molecule has 0 amide bonds. The normalized spacial score (nSPS) is 16.9. The smallest absolute Gasteiger partial charge is 0.345 e. The summed E-state index contributed by atoms with van der Waals surface area (Å²) in [5.74, 6) is 2.79. The Balaban J connectivity index is 0.000000114. The monoisotopic (exact) mass is 1090 g/mol. The molecule has 0 bridgehead atoms. The third-order valence-electron chi connectivity index (χ3n) is 14.9. The van der Waals surface area contributed by atoms with E-state index in [1.165, 1.54) is 12.3 Å². The standard InChI is InChI=1S/C21H19FN4O2.C21H19N3O3.C20H20N4O2/c1-13-8-15(22)11-26-12-18(24-20(13)26)17-9-14-2-3-16(10-19(14)28-21(17)27)25-6-4-23-5-7-25;1-13-2-5-20-23-18(12-24(20)11-13)17-8-14-3-4-15(9-19(14)27-21(17)25)26-16-6-7-22-10-16;1-13-8-22-20-23-18(11-24(20)10-13)15-6-14-2-3-16(7-19(14)25-12-15)26-17-4-5-21-9-17/h2-3,8-12,23H,4-7H2,1H3;2-5,8-9,11-12,16,22H,6-7,10H2,1H3;2-3,6-8,10-11,17,21H,4-5,9,12H2,1H3/t;16-;17-/m.11/s1. The van der Waals surface area contributed by atoms with Crippen molar-refractivity contribution in [1.82, 2.24) is 49.1 Å². The molecule has 4 aliphatic rings. The lowest BCUT2D eigenvalue weighted by Gasteiger charge is -2.29. The zero-order valence-corrected chi connectivity index (χ0v) is 44.9. The number of halogens is 1. The maximum atomic E-state index is 13.7. The summed E-state index contributed by atoms with van der Waals surface area (Å²) >= 11 is 0. The Morgan fingerprint density at radius 3 is 2.02 bits per heavy atom. The van der Waals surface area contributed by atoms with Crippen LogP contribution in [0.4, 0.5) is 10.1 Å². The fourth-order valence-electron chi connectivity index (χ4n) is 10.7. The van der Waals surface area contributed by atoms with Crippen LogP contribution in [0.5, 0.6) is 17.2 Å². The van der Waals surface area contributed by atoms with Gasteiger partial charge in [-0.3, -0.25) is 4.40 Å². The van der Waals surface area contributed by atoms with Gasteiger partial charge in [0.2, 0.25) is 5.78 Å². The first-order valence-corrected chi connectivity index (χ1v) is 27.2. The molecule has 4 aliphatic heterocycles. The van der Waals surface area contributed by atoms with E-state index in [9.17, 15) is 14.0 Å². The number of hydrogen-bond acceptors (Lipinski definition) is 15. The molecule has 0 radical (unpaired) electrons. The summed E-state index contributed by atoms with van der Waals surface area (Å²) in [4.78, 5) is 45.5. The largest absolute Gasteiger partial charge is 0.489 e. The van der Waals surface area contributed by atoms with E-state index in [0.29, 0.717) is 57.3 Å². The summed E-state index contributed by atoms with van der Waals surface area (Å²) in [5, 5.41) is 11.6. The van der Waals surface area contributed by atoms with Gasteiger partial charge in [0.05, 0.1) is 28.2 Å². The highest BCUT2D eigenvalue weighted by atomic mass is 19.1. The van der Waals surface area contributed by atoms with Crippen molar-refractivity contribution in [3.05, 3.63) is 183 Å². The topological polar surface area (TPSA) is 192 Å². The van der Waals surface area contributed by atoms with Crippen molar-refractivity contribution >= 4 is 56.3 Å². The lowest BCUT2D eigenvalue weighted by Crippen LogP contribution is -2.43. The van der Waals surface area contributed by atoms with Crippen LogP contribution >= 0.6 is 0 Å². The van der Waals surface area contributed by atoms with Crippen LogP contribution in [0.25, 0.3) is 73.2 Å². The van der Waals surface area contributed by atoms with Crippen LogP contribution in [0.2, 0.25) is 0 Å². The number of anilines is 1. The van der Waals surface area contributed by atoms with Crippen molar-refractivity contribution in [2.24, 2.45) is 0 Å². The Morgan fingerprint density at radius 1 is 0.617 bits per heavy atom. The zero-order chi connectivity index (χ0) is 55.1. The third-order valence-corrected chi connectivity index (χ3v) is 14.9. The second-order valence-electron chi connectivity index (χ2n) is 20.9. The highest BCUT2D eigenvalue weighted by Gasteiger charge is 2.22. The lowest BCUT2D eigenvalue weighted by molar-refractivity contribution is 0.221. The average molecular weight is 1090 g/mol. The van der Waals surface area contributed by atoms with Crippen LogP contribution in [-0.4, -0.2) is 104 Å². The number of nitrogens with zero attached hydrogens (tertiary/aromatic N) is 8. The van der Waals surface area contributed by atoms with Crippen LogP contribution in [0.15, 0.2) is 147 Å². The Morgan fingerprint density at radius 2 is 1.28 bits per heavy atom. The molecule has 0 unspecified atom stereocenters. The van der Waals surface area contributed by atoms with E-state index in [1.54, 1.807) is 29.7 Å². The van der Waals surface area contributed by atoms with Crippen LogP contribution in [0.1, 0.15) is 40.8 Å². The van der Waals surface area contributed by atoms with Gasteiger partial charge in [0.15, 0.2) is 0 Å². The Kier molecular flexibility index (Phi) is 13.8. The van der Waals surface area contributed by atoms with Gasteiger partial charge in [-0.1, -0.05) is 6.07 Å². The molecule has 3 aromatic carbocycles. The van der Waals surface area contributed by atoms with Crippen LogP contribution in [0, 0.1) is 26.6 Å². The molecule has 3 fully saturated rings. The van der Waals surface area contributed by atoms with Crippen LogP contribution < -0.4 is 46.3 Å². The van der Waals surface area contributed by atoms with E-state index >= 15 is 0 Å². The van der Waals surface area contributed by atoms with E-state index in [-0.39, 0.29) is 18.0 Å². The molecule has 0 saturated carbocycles. The number of benzene rings is 3. The molecule has 11 aromatic rings. The number of ether oxygens (including phenoxy) is 3. The number of nitrogens with one attached hydrogen (secondary N) is 3. The van der Waals surface area contributed by atoms with Gasteiger partial charge in [-0.05, 0) is 130 Å². The summed E-state index contributed by atoms with van der Waals surface area (Å²) in [7, 11) is 0. The number of hydrogen-bond donors (Lipinski definition) is 3. The molecular formula is C62H58FN11O7. The Labute approximate surface area is 463 Å². The molecule has 81 heavy (non-hydrogen) atoms. The highest BCUT2D eigenvalue weighted by molar-refractivity contribution is 5.86. The minimum absolute atomic E-state index is 0.162. The molecular weight excluding hydrogens is 1030 g/mol. The predicted octanol–water partition coefficient (Wildman–Crippen LogP) is 8.83. The number of imidazole rings is 3. The summed E-state index contributed by atoms with van der Waals surface area (Å²) in [6.45, 7) is 13.8. The summed E-state index contributed by atoms with van der Waals surface area (Å²) in [6.07, 6.45) is 17.3. The SMILES string of the molecule is Cc1cc(F)cn2cc(-c3cc4ccc(N5CCNCC5)cc4oc3=O)nc12.Cc1ccc2nc(-c3cc4ccc(O[C@@H]5CCNC5)cc4oc3=O)cn2c1.Cc1cnc2nc(C3=Cc4ccc(O[C@@H]5CCNC5)cc4OC3)cn2c1. The van der Waals surface area contributed by atoms with Gasteiger partial charge >= 0.3 is 11.3 Å². The Hall–Kier alpha value is -9.17. The van der Waals surface area contributed by atoms with E-state index in [2.05, 4.69) is 46.9 Å². The number of rotatable bonds is 8. The third kappa shape index (κ3) is 11.0. The number of aryl methyl sites for hydroxylation is 3. The van der Waals surface area contributed by atoms with Crippen molar-refractivity contribution in [3.63, 3.8) is 0 Å². The van der Waals surface area contributed by atoms with Crippen molar-refractivity contribution in [3.8, 4) is 39.8 Å².